The first kappa shape index (κ1) is 12.4. The van der Waals surface area contributed by atoms with Gasteiger partial charge in [0.15, 0.2) is 0 Å². The van der Waals surface area contributed by atoms with Gasteiger partial charge in [-0.15, -0.1) is 0 Å². The average Bonchev–Trinajstić information content (AvgIpc) is 3.08. The first-order valence-corrected chi connectivity index (χ1v) is 7.51. The van der Waals surface area contributed by atoms with Crippen LogP contribution in [-0.4, -0.2) is 12.6 Å². The average molecular weight is 223 g/mol. The second-order valence-electron chi connectivity index (χ2n) is 6.26. The number of hydrogen-bond donors (Lipinski definition) is 1. The highest BCUT2D eigenvalue weighted by Gasteiger charge is 2.41. The predicted molar refractivity (Wildman–Crippen MR) is 70.6 cm³/mol. The Kier molecular flexibility index (Phi) is 4.29. The van der Waals surface area contributed by atoms with E-state index in [9.17, 15) is 0 Å². The summed E-state index contributed by atoms with van der Waals surface area (Å²) in [6, 6.07) is 0.845. The van der Waals surface area contributed by atoms with Gasteiger partial charge in [0.05, 0.1) is 0 Å². The molecule has 0 aromatic carbocycles. The second kappa shape index (κ2) is 5.53. The molecule has 1 heteroatoms. The lowest BCUT2D eigenvalue weighted by Gasteiger charge is -2.30. The Labute approximate surface area is 101 Å². The van der Waals surface area contributed by atoms with Gasteiger partial charge in [-0.1, -0.05) is 26.7 Å². The molecule has 0 aliphatic heterocycles. The highest BCUT2D eigenvalue weighted by molar-refractivity contribution is 4.95. The van der Waals surface area contributed by atoms with E-state index >= 15 is 0 Å². The van der Waals surface area contributed by atoms with Crippen LogP contribution in [0.2, 0.25) is 0 Å². The maximum atomic E-state index is 3.85. The van der Waals surface area contributed by atoms with E-state index in [1.165, 1.54) is 64.3 Å². The van der Waals surface area contributed by atoms with Crippen LogP contribution in [-0.2, 0) is 0 Å². The minimum Gasteiger partial charge on any atom is -0.313 e. The minimum atomic E-state index is 0.732. The molecule has 1 nitrogen and oxygen atoms in total. The fourth-order valence-electron chi connectivity index (χ4n) is 3.36. The molecule has 16 heavy (non-hydrogen) atoms. The molecule has 94 valence electrons. The number of rotatable bonds is 6. The van der Waals surface area contributed by atoms with Crippen LogP contribution < -0.4 is 5.32 Å². The molecule has 2 saturated carbocycles. The lowest BCUT2D eigenvalue weighted by Crippen LogP contribution is -2.36. The molecule has 0 amide bonds. The normalized spacial score (nSPS) is 32.6. The van der Waals surface area contributed by atoms with Crippen molar-refractivity contribution in [2.75, 3.05) is 6.54 Å². The van der Waals surface area contributed by atoms with E-state index in [1.54, 1.807) is 0 Å². The highest BCUT2D eigenvalue weighted by Crippen LogP contribution is 2.49. The van der Waals surface area contributed by atoms with Gasteiger partial charge in [-0.3, -0.25) is 0 Å². The first-order chi connectivity index (χ1) is 7.78. The van der Waals surface area contributed by atoms with Crippen LogP contribution in [0.1, 0.15) is 71.6 Å². The summed E-state index contributed by atoms with van der Waals surface area (Å²) in [6.45, 7) is 5.98. The number of hydrogen-bond acceptors (Lipinski definition) is 1. The second-order valence-corrected chi connectivity index (χ2v) is 6.26. The maximum absolute atomic E-state index is 3.85. The molecule has 0 heterocycles. The number of nitrogens with one attached hydrogen (secondary N) is 1. The maximum Gasteiger partial charge on any atom is 0.00674 e. The van der Waals surface area contributed by atoms with Crippen molar-refractivity contribution in [3.05, 3.63) is 0 Å². The SMILES string of the molecule is CCCC1(CNC2CCC(CC)CC2)CC1. The van der Waals surface area contributed by atoms with Crippen LogP contribution in [0.3, 0.4) is 0 Å². The predicted octanol–water partition coefficient (Wildman–Crippen LogP) is 4.13. The molecule has 2 aliphatic carbocycles. The quantitative estimate of drug-likeness (QED) is 0.714. The van der Waals surface area contributed by atoms with E-state index in [4.69, 9.17) is 0 Å². The van der Waals surface area contributed by atoms with Crippen molar-refractivity contribution in [3.8, 4) is 0 Å². The summed E-state index contributed by atoms with van der Waals surface area (Å²) in [5, 5.41) is 3.85. The molecule has 0 atom stereocenters. The fraction of sp³-hybridized carbons (Fsp3) is 1.00. The van der Waals surface area contributed by atoms with Crippen LogP contribution in [0.25, 0.3) is 0 Å². The topological polar surface area (TPSA) is 12.0 Å². The molecule has 0 unspecified atom stereocenters. The monoisotopic (exact) mass is 223 g/mol. The largest absolute Gasteiger partial charge is 0.313 e. The lowest BCUT2D eigenvalue weighted by atomic mass is 9.84. The molecular weight excluding hydrogens is 194 g/mol. The smallest absolute Gasteiger partial charge is 0.00674 e. The van der Waals surface area contributed by atoms with Gasteiger partial charge in [0.25, 0.3) is 0 Å². The molecular formula is C15H29N. The van der Waals surface area contributed by atoms with Gasteiger partial charge in [-0.25, -0.2) is 0 Å². The molecule has 0 radical (unpaired) electrons. The van der Waals surface area contributed by atoms with Gasteiger partial charge < -0.3 is 5.32 Å². The van der Waals surface area contributed by atoms with Crippen LogP contribution in [0, 0.1) is 11.3 Å². The third-order valence-electron chi connectivity index (χ3n) is 4.93. The van der Waals surface area contributed by atoms with Crippen molar-refractivity contribution in [1.29, 1.82) is 0 Å². The summed E-state index contributed by atoms with van der Waals surface area (Å²) in [7, 11) is 0. The van der Waals surface area contributed by atoms with Gasteiger partial charge in [0.2, 0.25) is 0 Å². The van der Waals surface area contributed by atoms with E-state index in [1.807, 2.05) is 0 Å². The van der Waals surface area contributed by atoms with E-state index in [0.29, 0.717) is 0 Å². The highest BCUT2D eigenvalue weighted by atomic mass is 14.9. The Bertz CT molecular complexity index is 199. The summed E-state index contributed by atoms with van der Waals surface area (Å²) in [6.07, 6.45) is 13.0. The molecule has 0 aromatic rings. The van der Waals surface area contributed by atoms with Gasteiger partial charge in [0.1, 0.15) is 0 Å². The summed E-state index contributed by atoms with van der Waals surface area (Å²) >= 11 is 0. The molecule has 2 rings (SSSR count). The molecule has 0 aromatic heterocycles. The van der Waals surface area contributed by atoms with Crippen molar-refractivity contribution in [2.24, 2.45) is 11.3 Å². The van der Waals surface area contributed by atoms with Crippen LogP contribution in [0.15, 0.2) is 0 Å². The zero-order chi connectivity index (χ0) is 11.4. The van der Waals surface area contributed by atoms with Crippen LogP contribution in [0.4, 0.5) is 0 Å². The van der Waals surface area contributed by atoms with Gasteiger partial charge >= 0.3 is 0 Å². The van der Waals surface area contributed by atoms with Gasteiger partial charge in [-0.2, -0.15) is 0 Å². The van der Waals surface area contributed by atoms with Crippen molar-refractivity contribution >= 4 is 0 Å². The van der Waals surface area contributed by atoms with Crippen molar-refractivity contribution in [3.63, 3.8) is 0 Å². The minimum absolute atomic E-state index is 0.732. The molecule has 0 spiro atoms. The Morgan fingerprint density at radius 2 is 1.75 bits per heavy atom. The standard InChI is InChI=1S/C15H29N/c1-3-9-15(10-11-15)12-16-14-7-5-13(4-2)6-8-14/h13-14,16H,3-12H2,1-2H3. The molecule has 2 aliphatic rings. The summed E-state index contributed by atoms with van der Waals surface area (Å²) in [5.41, 5.74) is 0.732. The Morgan fingerprint density at radius 3 is 2.25 bits per heavy atom. The molecule has 0 bridgehead atoms. The van der Waals surface area contributed by atoms with Crippen LogP contribution >= 0.6 is 0 Å². The van der Waals surface area contributed by atoms with Crippen LogP contribution in [0.5, 0.6) is 0 Å². The van der Waals surface area contributed by atoms with Crippen molar-refractivity contribution in [2.45, 2.75) is 77.7 Å². The lowest BCUT2D eigenvalue weighted by molar-refractivity contribution is 0.269. The fourth-order valence-corrected chi connectivity index (χ4v) is 3.36. The van der Waals surface area contributed by atoms with E-state index < -0.39 is 0 Å². The third kappa shape index (κ3) is 3.23. The molecule has 2 fully saturated rings. The van der Waals surface area contributed by atoms with E-state index in [-0.39, 0.29) is 0 Å². The zero-order valence-corrected chi connectivity index (χ0v) is 11.2. The van der Waals surface area contributed by atoms with Crippen molar-refractivity contribution < 1.29 is 0 Å². The van der Waals surface area contributed by atoms with Crippen molar-refractivity contribution in [1.82, 2.24) is 5.32 Å². The third-order valence-corrected chi connectivity index (χ3v) is 4.93. The van der Waals surface area contributed by atoms with E-state index in [2.05, 4.69) is 19.2 Å². The Hall–Kier alpha value is -0.0400. The van der Waals surface area contributed by atoms with E-state index in [0.717, 1.165) is 17.4 Å². The Balaban J connectivity index is 1.64. The van der Waals surface area contributed by atoms with Gasteiger partial charge in [0, 0.05) is 12.6 Å². The summed E-state index contributed by atoms with van der Waals surface area (Å²) < 4.78 is 0. The zero-order valence-electron chi connectivity index (χ0n) is 11.2. The first-order valence-electron chi connectivity index (χ1n) is 7.51. The molecule has 1 N–H and O–H groups in total. The summed E-state index contributed by atoms with van der Waals surface area (Å²) in [5.74, 6) is 1.03. The molecule has 0 saturated heterocycles. The Morgan fingerprint density at radius 1 is 1.06 bits per heavy atom. The van der Waals surface area contributed by atoms with Gasteiger partial charge in [-0.05, 0) is 56.3 Å². The summed E-state index contributed by atoms with van der Waals surface area (Å²) in [4.78, 5) is 0.